The maximum absolute atomic E-state index is 13.6. The van der Waals surface area contributed by atoms with Gasteiger partial charge in [-0.2, -0.15) is 0 Å². The molecule has 3 atom stereocenters. The minimum Gasteiger partial charge on any atom is -0.497 e. The summed E-state index contributed by atoms with van der Waals surface area (Å²) in [6.45, 7) is 1.93. The van der Waals surface area contributed by atoms with Gasteiger partial charge < -0.3 is 4.74 Å². The molecule has 6 nitrogen and oxygen atoms in total. The van der Waals surface area contributed by atoms with Gasteiger partial charge in [0, 0.05) is 0 Å². The molecule has 2 saturated heterocycles. The molecule has 0 N–H and O–H groups in total. The second-order valence-electron chi connectivity index (χ2n) is 7.78. The van der Waals surface area contributed by atoms with Gasteiger partial charge in [0.15, 0.2) is 6.10 Å². The van der Waals surface area contributed by atoms with Gasteiger partial charge in [-0.1, -0.05) is 42.5 Å². The molecule has 0 saturated carbocycles. The first-order valence-electron chi connectivity index (χ1n) is 10.2. The molecule has 2 fully saturated rings. The fourth-order valence-corrected chi connectivity index (χ4v) is 4.37. The summed E-state index contributed by atoms with van der Waals surface area (Å²) in [4.78, 5) is 34.3. The van der Waals surface area contributed by atoms with Gasteiger partial charge in [-0.15, -0.1) is 0 Å². The minimum absolute atomic E-state index is 0.250. The zero-order valence-electron chi connectivity index (χ0n) is 17.3. The number of aryl methyl sites for hydroxylation is 1. The molecule has 0 bridgehead atoms. The van der Waals surface area contributed by atoms with E-state index < -0.39 is 18.1 Å². The third-order valence-electron chi connectivity index (χ3n) is 5.84. The van der Waals surface area contributed by atoms with Crippen LogP contribution in [0.2, 0.25) is 0 Å². The number of methoxy groups -OCH3 is 1. The summed E-state index contributed by atoms with van der Waals surface area (Å²) in [5, 5.41) is 1.69. The van der Waals surface area contributed by atoms with Crippen LogP contribution in [0.25, 0.3) is 0 Å². The van der Waals surface area contributed by atoms with E-state index in [1.54, 1.807) is 18.2 Å². The van der Waals surface area contributed by atoms with E-state index in [0.717, 1.165) is 22.6 Å². The Morgan fingerprint density at radius 2 is 1.55 bits per heavy atom. The van der Waals surface area contributed by atoms with Gasteiger partial charge in [-0.05, 0) is 54.4 Å². The van der Waals surface area contributed by atoms with Gasteiger partial charge in [-0.3, -0.25) is 14.4 Å². The summed E-state index contributed by atoms with van der Waals surface area (Å²) in [5.41, 5.74) is 3.23. The molecule has 3 aromatic rings. The first-order chi connectivity index (χ1) is 15.1. The molecule has 6 heteroatoms. The highest BCUT2D eigenvalue weighted by molar-refractivity contribution is 6.23. The summed E-state index contributed by atoms with van der Waals surface area (Å²) >= 11 is 0. The molecule has 0 spiro atoms. The predicted octanol–water partition coefficient (Wildman–Crippen LogP) is 4.05. The van der Waals surface area contributed by atoms with Crippen molar-refractivity contribution in [3.8, 4) is 5.75 Å². The first-order valence-corrected chi connectivity index (χ1v) is 10.2. The van der Waals surface area contributed by atoms with Gasteiger partial charge in [0.05, 0.1) is 24.5 Å². The smallest absolute Gasteiger partial charge is 0.266 e. The summed E-state index contributed by atoms with van der Waals surface area (Å²) in [6.07, 6.45) is -0.875. The predicted molar refractivity (Wildman–Crippen MR) is 117 cm³/mol. The molecule has 3 aromatic carbocycles. The number of carbonyl (C=O) groups excluding carboxylic acids is 2. The quantitative estimate of drug-likeness (QED) is 0.603. The van der Waals surface area contributed by atoms with Crippen LogP contribution < -0.4 is 14.7 Å². The summed E-state index contributed by atoms with van der Waals surface area (Å²) < 4.78 is 5.28. The molecule has 2 aliphatic heterocycles. The molecule has 2 amide bonds. The Kier molecular flexibility index (Phi) is 4.71. The number of hydroxylamine groups is 1. The fraction of sp³-hybridized carbons (Fsp3) is 0.200. The minimum atomic E-state index is -0.875. The van der Waals surface area contributed by atoms with Crippen molar-refractivity contribution >= 4 is 23.2 Å². The van der Waals surface area contributed by atoms with Crippen LogP contribution in [0, 0.1) is 12.8 Å². The van der Waals surface area contributed by atoms with Crippen molar-refractivity contribution in [2.45, 2.75) is 19.1 Å². The second kappa shape index (κ2) is 7.56. The lowest BCUT2D eigenvalue weighted by Crippen LogP contribution is -2.37. The van der Waals surface area contributed by atoms with Crippen molar-refractivity contribution in [1.29, 1.82) is 0 Å². The molecule has 0 radical (unpaired) electrons. The standard InChI is InChI=1S/C25H22N2O4/c1-16-7-6-10-19(15-16)26-24(28)21-22(17-11-13-20(30-2)14-12-17)27(31-23(21)25(26)29)18-8-4-3-5-9-18/h3-15,21-23H,1-2H3/t21-,22-,23-/m1/s1. The number of para-hydroxylation sites is 1. The SMILES string of the molecule is COc1ccc([C@@H]2[C@H]3C(=O)N(c4cccc(C)c4)C(=O)[C@@H]3ON2c2ccccc2)cc1. The average Bonchev–Trinajstić information content (AvgIpc) is 3.30. The van der Waals surface area contributed by atoms with E-state index in [9.17, 15) is 9.59 Å². The lowest BCUT2D eigenvalue weighted by Gasteiger charge is -2.28. The maximum atomic E-state index is 13.6. The van der Waals surface area contributed by atoms with Crippen LogP contribution >= 0.6 is 0 Å². The molecule has 2 aliphatic rings. The van der Waals surface area contributed by atoms with E-state index in [1.165, 1.54) is 4.90 Å². The van der Waals surface area contributed by atoms with Crippen molar-refractivity contribution in [1.82, 2.24) is 0 Å². The number of benzene rings is 3. The summed E-state index contributed by atoms with van der Waals surface area (Å²) in [5.74, 6) is -0.514. The van der Waals surface area contributed by atoms with Gasteiger partial charge in [0.1, 0.15) is 11.7 Å². The molecule has 0 unspecified atom stereocenters. The van der Waals surface area contributed by atoms with E-state index in [1.807, 2.05) is 79.7 Å². The highest BCUT2D eigenvalue weighted by Gasteiger charge is 2.60. The van der Waals surface area contributed by atoms with Crippen LogP contribution in [0.4, 0.5) is 11.4 Å². The molecule has 156 valence electrons. The summed E-state index contributed by atoms with van der Waals surface area (Å²) in [6, 6.07) is 24.0. The zero-order valence-corrected chi connectivity index (χ0v) is 17.3. The van der Waals surface area contributed by atoms with Crippen LogP contribution in [0.3, 0.4) is 0 Å². The number of imide groups is 1. The van der Waals surface area contributed by atoms with E-state index in [2.05, 4.69) is 0 Å². The van der Waals surface area contributed by atoms with Gasteiger partial charge in [0.25, 0.3) is 5.91 Å². The Morgan fingerprint density at radius 1 is 0.839 bits per heavy atom. The Labute approximate surface area is 180 Å². The van der Waals surface area contributed by atoms with E-state index in [4.69, 9.17) is 9.57 Å². The van der Waals surface area contributed by atoms with Crippen molar-refractivity contribution in [2.24, 2.45) is 5.92 Å². The lowest BCUT2D eigenvalue weighted by atomic mass is 9.90. The molecular formula is C25H22N2O4. The number of rotatable bonds is 4. The van der Waals surface area contributed by atoms with Crippen LogP contribution in [0.15, 0.2) is 78.9 Å². The van der Waals surface area contributed by atoms with E-state index in [0.29, 0.717) is 5.69 Å². The number of hydrogen-bond donors (Lipinski definition) is 0. The number of ether oxygens (including phenoxy) is 1. The molecule has 5 rings (SSSR count). The van der Waals surface area contributed by atoms with Crippen molar-refractivity contribution in [3.05, 3.63) is 90.0 Å². The Hall–Kier alpha value is -3.64. The maximum Gasteiger partial charge on any atom is 0.266 e. The van der Waals surface area contributed by atoms with Crippen LogP contribution in [-0.2, 0) is 14.4 Å². The number of hydrogen-bond acceptors (Lipinski definition) is 5. The summed E-state index contributed by atoms with van der Waals surface area (Å²) in [7, 11) is 1.61. The largest absolute Gasteiger partial charge is 0.497 e. The average molecular weight is 414 g/mol. The number of carbonyl (C=O) groups is 2. The van der Waals surface area contributed by atoms with E-state index in [-0.39, 0.29) is 11.8 Å². The Morgan fingerprint density at radius 3 is 2.23 bits per heavy atom. The van der Waals surface area contributed by atoms with Crippen molar-refractivity contribution in [3.63, 3.8) is 0 Å². The number of anilines is 2. The molecule has 0 aromatic heterocycles. The first kappa shape index (κ1) is 19.3. The molecular weight excluding hydrogens is 392 g/mol. The van der Waals surface area contributed by atoms with Crippen LogP contribution in [0.1, 0.15) is 17.2 Å². The molecule has 31 heavy (non-hydrogen) atoms. The van der Waals surface area contributed by atoms with Gasteiger partial charge >= 0.3 is 0 Å². The monoisotopic (exact) mass is 414 g/mol. The number of amides is 2. The Bertz CT molecular complexity index is 1130. The van der Waals surface area contributed by atoms with Crippen LogP contribution in [0.5, 0.6) is 5.75 Å². The third-order valence-corrected chi connectivity index (χ3v) is 5.84. The molecule has 2 heterocycles. The lowest BCUT2D eigenvalue weighted by molar-refractivity contribution is -0.126. The van der Waals surface area contributed by atoms with Crippen molar-refractivity contribution < 1.29 is 19.2 Å². The van der Waals surface area contributed by atoms with Crippen molar-refractivity contribution in [2.75, 3.05) is 17.1 Å². The van der Waals surface area contributed by atoms with Gasteiger partial charge in [-0.25, -0.2) is 9.96 Å². The normalized spacial score (nSPS) is 22.7. The van der Waals surface area contributed by atoms with Crippen LogP contribution in [-0.4, -0.2) is 25.0 Å². The fourth-order valence-electron chi connectivity index (χ4n) is 4.37. The van der Waals surface area contributed by atoms with Gasteiger partial charge in [0.2, 0.25) is 5.91 Å². The number of nitrogens with zero attached hydrogens (tertiary/aromatic N) is 2. The second-order valence-corrected chi connectivity index (χ2v) is 7.78. The molecule has 0 aliphatic carbocycles. The highest BCUT2D eigenvalue weighted by Crippen LogP contribution is 2.47. The topological polar surface area (TPSA) is 59.1 Å². The third kappa shape index (κ3) is 3.16. The highest BCUT2D eigenvalue weighted by atomic mass is 16.7. The zero-order chi connectivity index (χ0) is 21.5. The van der Waals surface area contributed by atoms with E-state index >= 15 is 0 Å². The Balaban J connectivity index is 1.58. The number of fused-ring (bicyclic) bond motifs is 1.